The summed E-state index contributed by atoms with van der Waals surface area (Å²) in [6.07, 6.45) is 0.656. The van der Waals surface area contributed by atoms with Gasteiger partial charge in [0.2, 0.25) is 15.9 Å². The third-order valence-corrected chi connectivity index (χ3v) is 9.49. The molecule has 9 nitrogen and oxygen atoms in total. The highest BCUT2D eigenvalue weighted by atomic mass is 35.5. The predicted octanol–water partition coefficient (Wildman–Crippen LogP) is 5.79. The summed E-state index contributed by atoms with van der Waals surface area (Å²) in [7, 11) is -2.60. The molecule has 12 heteroatoms. The molecular weight excluding hydrogens is 623 g/mol. The molecule has 0 saturated carbocycles. The molecule has 44 heavy (non-hydrogen) atoms. The zero-order valence-electron chi connectivity index (χ0n) is 25.0. The fraction of sp³-hybridized carbons (Fsp3) is 0.312. The minimum Gasteiger partial charge on any atom is -0.497 e. The second kappa shape index (κ2) is 14.6. The highest BCUT2D eigenvalue weighted by Crippen LogP contribution is 2.33. The highest BCUT2D eigenvalue weighted by Gasteiger charge is 2.34. The molecule has 4 aromatic rings. The fourth-order valence-electron chi connectivity index (χ4n) is 4.45. The van der Waals surface area contributed by atoms with E-state index in [4.69, 9.17) is 32.7 Å². The minimum absolute atomic E-state index is 0.0893. The monoisotopic (exact) mass is 658 g/mol. The largest absolute Gasteiger partial charge is 0.497 e. The minimum atomic E-state index is -4.22. The molecule has 1 heterocycles. The van der Waals surface area contributed by atoms with Gasteiger partial charge in [0.1, 0.15) is 34.1 Å². The number of nitrogens with zero attached hydrogens (tertiary/aromatic N) is 1. The van der Waals surface area contributed by atoms with Crippen LogP contribution in [0.4, 0.5) is 0 Å². The molecule has 0 spiro atoms. The first-order valence-corrected chi connectivity index (χ1v) is 16.3. The van der Waals surface area contributed by atoms with Crippen LogP contribution in [0.25, 0.3) is 10.9 Å². The molecule has 0 aliphatic heterocycles. The number of sulfonamides is 1. The number of halogens is 2. The van der Waals surface area contributed by atoms with Crippen molar-refractivity contribution in [3.05, 3.63) is 93.6 Å². The van der Waals surface area contributed by atoms with Gasteiger partial charge in [0.05, 0.1) is 12.1 Å². The maximum atomic E-state index is 13.4. The highest BCUT2D eigenvalue weighted by molar-refractivity contribution is 7.89. The number of aromatic nitrogens is 1. The van der Waals surface area contributed by atoms with Gasteiger partial charge in [-0.2, -0.15) is 4.72 Å². The number of carbonyl (C=O) groups excluding carboxylic acids is 1. The second-order valence-electron chi connectivity index (χ2n) is 10.8. The Kier molecular flexibility index (Phi) is 11.1. The first-order valence-electron chi connectivity index (χ1n) is 14.0. The molecule has 4 rings (SSSR count). The zero-order chi connectivity index (χ0) is 31.9. The Bertz CT molecular complexity index is 1730. The number of amides is 1. The molecule has 3 N–H and O–H groups in total. The summed E-state index contributed by atoms with van der Waals surface area (Å²) in [5, 5.41) is 7.17. The Labute approximate surface area is 268 Å². The first-order chi connectivity index (χ1) is 20.9. The Morgan fingerprint density at radius 3 is 2.45 bits per heavy atom. The van der Waals surface area contributed by atoms with E-state index in [-0.39, 0.29) is 21.5 Å². The predicted molar refractivity (Wildman–Crippen MR) is 174 cm³/mol. The topological polar surface area (TPSA) is 119 Å². The average Bonchev–Trinajstić information content (AvgIpc) is 2.98. The maximum absolute atomic E-state index is 13.4. The Hall–Kier alpha value is -3.41. The van der Waals surface area contributed by atoms with E-state index in [0.29, 0.717) is 42.9 Å². The van der Waals surface area contributed by atoms with E-state index in [9.17, 15) is 13.2 Å². The van der Waals surface area contributed by atoms with Gasteiger partial charge in [-0.1, -0.05) is 53.5 Å². The summed E-state index contributed by atoms with van der Waals surface area (Å²) in [5.41, 5.74) is 1.45. The van der Waals surface area contributed by atoms with E-state index in [0.717, 1.165) is 22.4 Å². The van der Waals surface area contributed by atoms with Crippen molar-refractivity contribution in [1.29, 1.82) is 0 Å². The lowest BCUT2D eigenvalue weighted by Gasteiger charge is -2.25. The standard InChI is InChI=1S/C32H36Cl2N4O5S/c1-21-9-12-23-7-5-8-27(30(23)37-21)43-20-25-26(33)15-16-28(29(25)34)44(40,41)38-32(2,3)31(39)36-18-6-17-35-19-22-10-13-24(42-4)14-11-22/h5,7-16,35,38H,6,17-20H2,1-4H3,(H,36,39). The zero-order valence-corrected chi connectivity index (χ0v) is 27.4. The van der Waals surface area contributed by atoms with E-state index >= 15 is 0 Å². The lowest BCUT2D eigenvalue weighted by Crippen LogP contribution is -2.54. The van der Waals surface area contributed by atoms with Gasteiger partial charge < -0.3 is 20.1 Å². The van der Waals surface area contributed by atoms with Crippen LogP contribution in [0.5, 0.6) is 11.5 Å². The van der Waals surface area contributed by atoms with Crippen molar-refractivity contribution in [2.75, 3.05) is 20.2 Å². The van der Waals surface area contributed by atoms with Gasteiger partial charge in [0.25, 0.3) is 0 Å². The molecule has 0 fully saturated rings. The van der Waals surface area contributed by atoms with E-state index in [1.165, 1.54) is 26.0 Å². The molecule has 0 aliphatic carbocycles. The van der Waals surface area contributed by atoms with Crippen LogP contribution in [0.15, 0.2) is 71.6 Å². The van der Waals surface area contributed by atoms with Gasteiger partial charge in [-0.25, -0.2) is 13.4 Å². The molecule has 0 bridgehead atoms. The van der Waals surface area contributed by atoms with Crippen LogP contribution in [0.2, 0.25) is 10.0 Å². The number of nitrogens with one attached hydrogen (secondary N) is 3. The normalized spacial score (nSPS) is 11.9. The first kappa shape index (κ1) is 33.5. The summed E-state index contributed by atoms with van der Waals surface area (Å²) in [4.78, 5) is 17.3. The summed E-state index contributed by atoms with van der Waals surface area (Å²) in [6.45, 7) is 6.48. The summed E-state index contributed by atoms with van der Waals surface area (Å²) < 4.78 is 40.5. The van der Waals surface area contributed by atoms with Crippen molar-refractivity contribution >= 4 is 50.0 Å². The van der Waals surface area contributed by atoms with Gasteiger partial charge in [-0.15, -0.1) is 0 Å². The van der Waals surface area contributed by atoms with Crippen LogP contribution in [0.1, 0.15) is 37.1 Å². The fourth-order valence-corrected chi connectivity index (χ4v) is 6.71. The van der Waals surface area contributed by atoms with Crippen molar-refractivity contribution in [3.63, 3.8) is 0 Å². The van der Waals surface area contributed by atoms with Gasteiger partial charge in [0.15, 0.2) is 0 Å². The number of methoxy groups -OCH3 is 1. The van der Waals surface area contributed by atoms with Crippen molar-refractivity contribution < 1.29 is 22.7 Å². The molecule has 0 radical (unpaired) electrons. The van der Waals surface area contributed by atoms with Crippen LogP contribution < -0.4 is 24.8 Å². The number of benzene rings is 3. The third kappa shape index (κ3) is 8.40. The SMILES string of the molecule is COc1ccc(CNCCCNC(=O)C(C)(C)NS(=O)(=O)c2ccc(Cl)c(COc3cccc4ccc(C)nc34)c2Cl)cc1. The van der Waals surface area contributed by atoms with E-state index < -0.39 is 21.5 Å². The number of carbonyl (C=O) groups is 1. The summed E-state index contributed by atoms with van der Waals surface area (Å²) >= 11 is 13.0. The van der Waals surface area contributed by atoms with Crippen LogP contribution >= 0.6 is 23.2 Å². The summed E-state index contributed by atoms with van der Waals surface area (Å²) in [6, 6.07) is 19.9. The van der Waals surface area contributed by atoms with E-state index in [1.54, 1.807) is 13.2 Å². The van der Waals surface area contributed by atoms with Gasteiger partial charge in [-0.05, 0) is 75.7 Å². The molecule has 3 aromatic carbocycles. The number of para-hydroxylation sites is 1. The Morgan fingerprint density at radius 2 is 1.73 bits per heavy atom. The lowest BCUT2D eigenvalue weighted by molar-refractivity contribution is -0.125. The Balaban J connectivity index is 1.35. The molecule has 0 saturated heterocycles. The number of rotatable bonds is 14. The molecule has 0 unspecified atom stereocenters. The summed E-state index contributed by atoms with van der Waals surface area (Å²) in [5.74, 6) is 0.842. The number of aryl methyl sites for hydroxylation is 1. The molecule has 0 aliphatic rings. The van der Waals surface area contributed by atoms with Crippen molar-refractivity contribution in [1.82, 2.24) is 20.3 Å². The lowest BCUT2D eigenvalue weighted by atomic mass is 10.1. The van der Waals surface area contributed by atoms with Crippen molar-refractivity contribution in [2.45, 2.75) is 50.8 Å². The molecule has 0 atom stereocenters. The van der Waals surface area contributed by atoms with Gasteiger partial charge in [-0.3, -0.25) is 4.79 Å². The Morgan fingerprint density at radius 1 is 0.977 bits per heavy atom. The third-order valence-electron chi connectivity index (χ3n) is 6.90. The molecular formula is C32H36Cl2N4O5S. The molecule has 1 aromatic heterocycles. The second-order valence-corrected chi connectivity index (χ2v) is 13.2. The number of pyridine rings is 1. The smallest absolute Gasteiger partial charge is 0.243 e. The number of ether oxygens (including phenoxy) is 2. The molecule has 1 amide bonds. The van der Waals surface area contributed by atoms with E-state index in [1.807, 2.05) is 55.5 Å². The van der Waals surface area contributed by atoms with E-state index in [2.05, 4.69) is 20.3 Å². The van der Waals surface area contributed by atoms with Crippen LogP contribution in [-0.2, 0) is 28.0 Å². The number of fused-ring (bicyclic) bond motifs is 1. The molecule has 234 valence electrons. The van der Waals surface area contributed by atoms with Crippen LogP contribution in [0.3, 0.4) is 0 Å². The number of hydrogen-bond donors (Lipinski definition) is 3. The van der Waals surface area contributed by atoms with Gasteiger partial charge >= 0.3 is 0 Å². The van der Waals surface area contributed by atoms with Crippen molar-refractivity contribution in [3.8, 4) is 11.5 Å². The van der Waals surface area contributed by atoms with Crippen molar-refractivity contribution in [2.24, 2.45) is 0 Å². The maximum Gasteiger partial charge on any atom is 0.243 e. The van der Waals surface area contributed by atoms with Gasteiger partial charge in [0, 0.05) is 34.8 Å². The number of hydrogen-bond acceptors (Lipinski definition) is 7. The average molecular weight is 660 g/mol. The quantitative estimate of drug-likeness (QED) is 0.147. The van der Waals surface area contributed by atoms with Crippen LogP contribution in [-0.4, -0.2) is 45.0 Å². The van der Waals surface area contributed by atoms with Crippen LogP contribution in [0, 0.1) is 6.92 Å².